The van der Waals surface area contributed by atoms with Crippen molar-refractivity contribution in [2.75, 3.05) is 13.1 Å². The second kappa shape index (κ2) is 31.7. The topological polar surface area (TPSA) is 296 Å². The number of fused-ring (bicyclic) bond motifs is 1. The Bertz CT molecular complexity index is 3380. The number of aromatic nitrogens is 1. The van der Waals surface area contributed by atoms with E-state index in [-0.39, 0.29) is 68.7 Å². The first kappa shape index (κ1) is 71.9. The van der Waals surface area contributed by atoms with Gasteiger partial charge < -0.3 is 61.7 Å². The standard InChI is InChI=1S/C65H79F6N9O12/c1-36(2)25-48(57(85)78-52(31-42-33-72-47-18-13-12-17-46(42)47)61(89)91-35-41-27-43(64(66,67)68)32-44(28-41)65(69,70)71)76-59(87)53-19-14-24-80(53)60(88)51(26-37(3)4)77-58(86)49(29-39-15-10-9-11-16-39)75-54(82)34-73-55(83)38(5)74-56(84)50(79-62(90)92-63(6,7)8)30-40-20-22-45(81)23-21-40/h9-13,15-18,20-23,27-28,32-33,36-38,48-53,72,81H,14,19,24-26,29-31,34-35H2,1-8H3,(H,73,83)(H,74,84)(H,75,82)(H,76,87)(H,77,86)(H,78,85)(H,79,90)/t38-,48+,49+,50+,51+,52+,53+/m1/s1. The fourth-order valence-electron chi connectivity index (χ4n) is 10.3. The first-order chi connectivity index (χ1) is 43.1. The van der Waals surface area contributed by atoms with Crippen LogP contribution in [0.4, 0.5) is 31.1 Å². The Kier molecular flexibility index (Phi) is 24.8. The number of hydrogen-bond acceptors (Lipinski definition) is 12. The Morgan fingerprint density at radius 3 is 1.77 bits per heavy atom. The second-order valence-corrected chi connectivity index (χ2v) is 24.5. The summed E-state index contributed by atoms with van der Waals surface area (Å²) in [6.07, 6.45) is -9.63. The van der Waals surface area contributed by atoms with E-state index in [0.29, 0.717) is 46.1 Å². The van der Waals surface area contributed by atoms with Gasteiger partial charge in [-0.25, -0.2) is 9.59 Å². The van der Waals surface area contributed by atoms with E-state index in [1.54, 1.807) is 121 Å². The predicted molar refractivity (Wildman–Crippen MR) is 325 cm³/mol. The average molecular weight is 1290 g/mol. The summed E-state index contributed by atoms with van der Waals surface area (Å²) >= 11 is 0. The van der Waals surface area contributed by atoms with Gasteiger partial charge in [-0.05, 0) is 124 Å². The molecule has 8 amide bonds. The largest absolute Gasteiger partial charge is 0.508 e. The highest BCUT2D eigenvalue weighted by Gasteiger charge is 2.42. The van der Waals surface area contributed by atoms with Gasteiger partial charge in [0.25, 0.3) is 0 Å². The third kappa shape index (κ3) is 21.8. The number of alkyl halides is 6. The van der Waals surface area contributed by atoms with Crippen LogP contribution in [-0.4, -0.2) is 129 Å². The summed E-state index contributed by atoms with van der Waals surface area (Å²) in [5.41, 5.74) is -2.50. The van der Waals surface area contributed by atoms with Crippen molar-refractivity contribution in [1.29, 1.82) is 0 Å². The Balaban J connectivity index is 1.14. The number of likely N-dealkylation sites (tertiary alicyclic amines) is 1. The van der Waals surface area contributed by atoms with Gasteiger partial charge in [0.1, 0.15) is 60.3 Å². The summed E-state index contributed by atoms with van der Waals surface area (Å²) < 4.78 is 93.2. The summed E-state index contributed by atoms with van der Waals surface area (Å²) in [6, 6.07) is 12.9. The number of carbonyl (C=O) groups is 9. The summed E-state index contributed by atoms with van der Waals surface area (Å²) in [4.78, 5) is 130. The van der Waals surface area contributed by atoms with Gasteiger partial charge >= 0.3 is 24.4 Å². The number of carbonyl (C=O) groups excluding carboxylic acids is 9. The molecule has 498 valence electrons. The molecule has 0 aliphatic carbocycles. The van der Waals surface area contributed by atoms with Gasteiger partial charge in [-0.2, -0.15) is 26.3 Å². The van der Waals surface area contributed by atoms with E-state index in [9.17, 15) is 74.6 Å². The van der Waals surface area contributed by atoms with Crippen molar-refractivity contribution < 1.29 is 84.1 Å². The van der Waals surface area contributed by atoms with Gasteiger partial charge in [0.2, 0.25) is 41.4 Å². The van der Waals surface area contributed by atoms with Gasteiger partial charge in [0.05, 0.1) is 17.7 Å². The molecule has 7 atom stereocenters. The molecule has 1 aliphatic rings. The van der Waals surface area contributed by atoms with Gasteiger partial charge in [0, 0.05) is 42.9 Å². The molecule has 0 unspecified atom stereocenters. The maximum atomic E-state index is 14.8. The van der Waals surface area contributed by atoms with Crippen LogP contribution in [0.3, 0.4) is 0 Å². The molecule has 1 saturated heterocycles. The molecule has 0 saturated carbocycles. The second-order valence-electron chi connectivity index (χ2n) is 24.5. The predicted octanol–water partition coefficient (Wildman–Crippen LogP) is 7.22. The van der Waals surface area contributed by atoms with E-state index in [0.717, 1.165) is 0 Å². The molecule has 2 heterocycles. The number of esters is 1. The molecule has 1 aliphatic heterocycles. The molecule has 5 aromatic rings. The van der Waals surface area contributed by atoms with E-state index < -0.39 is 144 Å². The minimum absolute atomic E-state index is 0.0180. The molecule has 92 heavy (non-hydrogen) atoms. The monoisotopic (exact) mass is 1290 g/mol. The zero-order valence-corrected chi connectivity index (χ0v) is 52.2. The number of nitrogens with zero attached hydrogens (tertiary/aromatic N) is 1. The SMILES string of the molecule is CC(C)C[C@H](NC(=O)[C@@H]1CCCN1C(=O)[C@H](CC(C)C)NC(=O)[C@H](Cc1ccccc1)NC(=O)CNC(=O)[C@@H](C)NC(=O)[C@H](Cc1ccc(O)cc1)NC(=O)OC(C)(C)C)C(=O)N[C@@H](Cc1c[nH]c2ccccc12)C(=O)OCc1cc(C(F)(F)F)cc(C(F)(F)F)c1. The molecule has 21 nitrogen and oxygen atoms in total. The van der Waals surface area contributed by atoms with E-state index in [1.165, 1.54) is 24.0 Å². The molecule has 27 heteroatoms. The molecular weight excluding hydrogens is 1210 g/mol. The molecule has 4 aromatic carbocycles. The molecule has 1 aromatic heterocycles. The number of nitrogens with one attached hydrogen (secondary N) is 8. The van der Waals surface area contributed by atoms with Crippen molar-refractivity contribution in [2.24, 2.45) is 11.8 Å². The van der Waals surface area contributed by atoms with Crippen molar-refractivity contribution in [3.05, 3.63) is 137 Å². The Hall–Kier alpha value is -9.17. The number of halogens is 6. The molecule has 9 N–H and O–H groups in total. The number of ether oxygens (including phenoxy) is 2. The maximum Gasteiger partial charge on any atom is 0.416 e. The van der Waals surface area contributed by atoms with Crippen molar-refractivity contribution in [3.63, 3.8) is 0 Å². The quantitative estimate of drug-likeness (QED) is 0.0186. The molecule has 0 spiro atoms. The zero-order chi connectivity index (χ0) is 67.8. The van der Waals surface area contributed by atoms with E-state index in [2.05, 4.69) is 42.2 Å². The number of hydrogen-bond donors (Lipinski definition) is 9. The average Bonchev–Trinajstić information content (AvgIpc) is 1.18. The van der Waals surface area contributed by atoms with E-state index in [1.807, 2.05) is 0 Å². The third-order valence-electron chi connectivity index (χ3n) is 14.7. The van der Waals surface area contributed by atoms with Crippen LogP contribution in [0.1, 0.15) is 114 Å². The van der Waals surface area contributed by atoms with Crippen LogP contribution in [0.5, 0.6) is 5.75 Å². The summed E-state index contributed by atoms with van der Waals surface area (Å²) in [5, 5.41) is 28.6. The van der Waals surface area contributed by atoms with Gasteiger partial charge in [-0.15, -0.1) is 0 Å². The summed E-state index contributed by atoms with van der Waals surface area (Å²) in [6.45, 7) is 11.7. The Morgan fingerprint density at radius 2 is 1.16 bits per heavy atom. The van der Waals surface area contributed by atoms with Crippen LogP contribution in [0.15, 0.2) is 103 Å². The van der Waals surface area contributed by atoms with Crippen LogP contribution in [-0.2, 0) is 86.1 Å². The lowest BCUT2D eigenvalue weighted by atomic mass is 9.99. The molecule has 6 rings (SSSR count). The van der Waals surface area contributed by atoms with Gasteiger partial charge in [-0.1, -0.05) is 88.4 Å². The number of phenolic OH excluding ortho intramolecular Hbond substituents is 1. The van der Waals surface area contributed by atoms with Crippen LogP contribution < -0.4 is 37.2 Å². The van der Waals surface area contributed by atoms with Crippen molar-refractivity contribution in [2.45, 2.75) is 167 Å². The minimum atomic E-state index is -5.18. The summed E-state index contributed by atoms with van der Waals surface area (Å²) in [5.74, 6) is -7.26. The Morgan fingerprint density at radius 1 is 0.609 bits per heavy atom. The molecule has 1 fully saturated rings. The number of para-hydroxylation sites is 1. The first-order valence-electron chi connectivity index (χ1n) is 30.0. The number of phenols is 1. The van der Waals surface area contributed by atoms with Crippen LogP contribution in [0.2, 0.25) is 0 Å². The van der Waals surface area contributed by atoms with Crippen molar-refractivity contribution in [1.82, 2.24) is 47.1 Å². The number of H-pyrrole nitrogens is 1. The highest BCUT2D eigenvalue weighted by Crippen LogP contribution is 2.37. The third-order valence-corrected chi connectivity index (χ3v) is 14.7. The van der Waals surface area contributed by atoms with Crippen LogP contribution in [0, 0.1) is 11.8 Å². The fraction of sp³-hybridized carbons (Fsp3) is 0.462. The lowest BCUT2D eigenvalue weighted by molar-refractivity contribution is -0.149. The lowest BCUT2D eigenvalue weighted by Crippen LogP contribution is -2.59. The number of aromatic amines is 1. The number of benzene rings is 4. The maximum absolute atomic E-state index is 14.8. The van der Waals surface area contributed by atoms with Crippen LogP contribution >= 0.6 is 0 Å². The number of rotatable bonds is 27. The molecule has 0 bridgehead atoms. The number of aromatic hydroxyl groups is 1. The van der Waals surface area contributed by atoms with Crippen molar-refractivity contribution in [3.8, 4) is 5.75 Å². The number of amides is 8. The smallest absolute Gasteiger partial charge is 0.416 e. The number of alkyl carbamates (subject to hydrolysis) is 1. The minimum Gasteiger partial charge on any atom is -0.508 e. The first-order valence-corrected chi connectivity index (χ1v) is 30.0. The normalized spacial score (nSPS) is 15.5. The zero-order valence-electron chi connectivity index (χ0n) is 52.2. The highest BCUT2D eigenvalue weighted by molar-refractivity contribution is 5.98. The fourth-order valence-corrected chi connectivity index (χ4v) is 10.3. The van der Waals surface area contributed by atoms with Crippen molar-refractivity contribution >= 4 is 64.3 Å². The molecule has 0 radical (unpaired) electrons. The van der Waals surface area contributed by atoms with Gasteiger partial charge in [-0.3, -0.25) is 33.6 Å². The molecular formula is C65H79F6N9O12. The van der Waals surface area contributed by atoms with E-state index in [4.69, 9.17) is 9.47 Å². The Labute approximate surface area is 528 Å². The lowest BCUT2D eigenvalue weighted by Gasteiger charge is -2.31. The summed E-state index contributed by atoms with van der Waals surface area (Å²) in [7, 11) is 0. The highest BCUT2D eigenvalue weighted by atomic mass is 19.4. The van der Waals surface area contributed by atoms with E-state index >= 15 is 0 Å². The van der Waals surface area contributed by atoms with Crippen LogP contribution in [0.25, 0.3) is 10.9 Å². The van der Waals surface area contributed by atoms with Gasteiger partial charge in [0.15, 0.2) is 0 Å².